The van der Waals surface area contributed by atoms with Crippen molar-refractivity contribution >= 4 is 61.8 Å². The Bertz CT molecular complexity index is 1890. The third-order valence-electron chi connectivity index (χ3n) is 6.06. The van der Waals surface area contributed by atoms with Gasteiger partial charge in [-0.05, 0) is 44.2 Å². The number of ether oxygens (including phenoxy) is 1. The van der Waals surface area contributed by atoms with Crippen LogP contribution in [0.4, 0.5) is 13.2 Å². The summed E-state index contributed by atoms with van der Waals surface area (Å²) in [6.07, 6.45) is -4.78. The Kier molecular flexibility index (Phi) is 7.19. The number of hydrogen-bond donors (Lipinski definition) is 1. The molecular weight excluding hydrogens is 592 g/mol. The molecule has 0 bridgehead atoms. The minimum absolute atomic E-state index is 0.0401. The van der Waals surface area contributed by atoms with Crippen LogP contribution in [0.15, 0.2) is 40.5 Å². The van der Waals surface area contributed by atoms with Gasteiger partial charge >= 0.3 is 12.1 Å². The van der Waals surface area contributed by atoms with E-state index in [9.17, 15) is 27.9 Å². The van der Waals surface area contributed by atoms with Gasteiger partial charge in [0.2, 0.25) is 0 Å². The molecule has 0 amide bonds. The van der Waals surface area contributed by atoms with Gasteiger partial charge in [-0.15, -0.1) is 11.3 Å². The molecule has 40 heavy (non-hydrogen) atoms. The highest BCUT2D eigenvalue weighted by atomic mass is 35.5. The fraction of sp³-hybridized carbons (Fsp3) is 0.192. The molecule has 206 valence electrons. The molecule has 0 spiro atoms. The minimum Gasteiger partial charge on any atom is -0.491 e. The van der Waals surface area contributed by atoms with Gasteiger partial charge in [0.05, 0.1) is 27.9 Å². The van der Waals surface area contributed by atoms with Crippen molar-refractivity contribution in [2.24, 2.45) is 0 Å². The molecule has 1 aromatic carbocycles. The number of carbonyl (C=O) groups is 1. The van der Waals surface area contributed by atoms with Gasteiger partial charge in [0.1, 0.15) is 28.9 Å². The number of nitrogens with zero attached hydrogens (tertiary/aromatic N) is 4. The zero-order valence-corrected chi connectivity index (χ0v) is 23.0. The van der Waals surface area contributed by atoms with Gasteiger partial charge < -0.3 is 9.84 Å². The van der Waals surface area contributed by atoms with Crippen LogP contribution in [0.1, 0.15) is 27.4 Å². The minimum atomic E-state index is -4.78. The maximum absolute atomic E-state index is 13.5. The monoisotopic (exact) mass is 608 g/mol. The van der Waals surface area contributed by atoms with Gasteiger partial charge in [-0.2, -0.15) is 13.2 Å². The highest BCUT2D eigenvalue weighted by Gasteiger charge is 2.35. The van der Waals surface area contributed by atoms with Gasteiger partial charge in [0, 0.05) is 27.2 Å². The van der Waals surface area contributed by atoms with E-state index < -0.39 is 39.5 Å². The van der Waals surface area contributed by atoms with E-state index >= 15 is 0 Å². The molecule has 0 radical (unpaired) electrons. The van der Waals surface area contributed by atoms with Crippen LogP contribution in [0.2, 0.25) is 10.2 Å². The summed E-state index contributed by atoms with van der Waals surface area (Å²) in [5.74, 6) is -0.666. The van der Waals surface area contributed by atoms with E-state index in [1.54, 1.807) is 31.2 Å². The van der Waals surface area contributed by atoms with Crippen molar-refractivity contribution in [1.82, 2.24) is 19.5 Å². The Morgan fingerprint density at radius 1 is 1.05 bits per heavy atom. The van der Waals surface area contributed by atoms with Crippen molar-refractivity contribution in [3.63, 3.8) is 0 Å². The summed E-state index contributed by atoms with van der Waals surface area (Å²) in [5, 5.41) is 11.0. The first-order valence-corrected chi connectivity index (χ1v) is 13.2. The van der Waals surface area contributed by atoms with E-state index in [1.807, 2.05) is 0 Å². The Labute approximate surface area is 237 Å². The van der Waals surface area contributed by atoms with E-state index in [4.69, 9.17) is 27.9 Å². The van der Waals surface area contributed by atoms with Gasteiger partial charge in [-0.1, -0.05) is 23.2 Å². The number of carboxylic acids is 1. The number of aromatic carboxylic acids is 1. The number of pyridine rings is 2. The Morgan fingerprint density at radius 2 is 1.80 bits per heavy atom. The molecule has 5 aromatic rings. The normalized spacial score (nSPS) is 11.9. The summed E-state index contributed by atoms with van der Waals surface area (Å²) in [4.78, 5) is 37.0. The smallest absolute Gasteiger partial charge is 0.418 e. The number of rotatable bonds is 6. The van der Waals surface area contributed by atoms with Crippen molar-refractivity contribution in [3.05, 3.63) is 78.9 Å². The standard InChI is InChI=1S/C26H17Cl2F3N4O4S/c1-11-7-15(23-20(32-11)16(10-40-23)25(37)38)14-8-13(27)3-4-18(14)39-6-5-35-12(2)33-21-17(26(29,30)31)9-19(28)34-22(21)24(35)36/h3-4,7-10H,5-6H2,1-2H3,(H,37,38). The molecule has 4 aromatic heterocycles. The summed E-state index contributed by atoms with van der Waals surface area (Å²) >= 11 is 13.3. The van der Waals surface area contributed by atoms with Crippen LogP contribution in [-0.4, -0.2) is 37.2 Å². The van der Waals surface area contributed by atoms with E-state index in [1.165, 1.54) is 23.6 Å². The molecule has 0 saturated heterocycles. The summed E-state index contributed by atoms with van der Waals surface area (Å²) < 4.78 is 48.4. The Morgan fingerprint density at radius 3 is 2.50 bits per heavy atom. The molecule has 0 aliphatic heterocycles. The lowest BCUT2D eigenvalue weighted by Crippen LogP contribution is -2.28. The largest absolute Gasteiger partial charge is 0.491 e. The molecule has 0 unspecified atom stereocenters. The van der Waals surface area contributed by atoms with Gasteiger partial charge in [0.25, 0.3) is 5.56 Å². The lowest BCUT2D eigenvalue weighted by Gasteiger charge is -2.16. The van der Waals surface area contributed by atoms with Crippen molar-refractivity contribution in [2.45, 2.75) is 26.6 Å². The van der Waals surface area contributed by atoms with Gasteiger partial charge in [-0.3, -0.25) is 14.3 Å². The van der Waals surface area contributed by atoms with Crippen LogP contribution >= 0.6 is 34.5 Å². The lowest BCUT2D eigenvalue weighted by molar-refractivity contribution is -0.136. The summed E-state index contributed by atoms with van der Waals surface area (Å²) in [6.45, 7) is 3.03. The van der Waals surface area contributed by atoms with Crippen LogP contribution in [0.5, 0.6) is 5.75 Å². The molecule has 0 fully saturated rings. The average Bonchev–Trinajstić information content (AvgIpc) is 3.30. The zero-order valence-electron chi connectivity index (χ0n) is 20.6. The van der Waals surface area contributed by atoms with Crippen LogP contribution in [-0.2, 0) is 12.7 Å². The summed E-state index contributed by atoms with van der Waals surface area (Å²) in [5.41, 5.74) is -0.768. The van der Waals surface area contributed by atoms with Crippen LogP contribution < -0.4 is 10.3 Å². The first kappa shape index (κ1) is 27.8. The summed E-state index contributed by atoms with van der Waals surface area (Å²) in [7, 11) is 0. The lowest BCUT2D eigenvalue weighted by atomic mass is 10.0. The van der Waals surface area contributed by atoms with Crippen molar-refractivity contribution in [2.75, 3.05) is 6.61 Å². The SMILES string of the molecule is Cc1cc(-c2cc(Cl)ccc2OCCn2c(C)nc3c(C(F)(F)F)cc(Cl)nc3c2=O)c2scc(C(=O)O)c2n1. The van der Waals surface area contributed by atoms with Crippen molar-refractivity contribution < 1.29 is 27.8 Å². The molecule has 0 aliphatic carbocycles. The number of aryl methyl sites for hydroxylation is 2. The third-order valence-corrected chi connectivity index (χ3v) is 7.50. The zero-order chi connectivity index (χ0) is 28.9. The molecule has 0 aliphatic rings. The quantitative estimate of drug-likeness (QED) is 0.211. The molecular formula is C26H17Cl2F3N4O4S. The van der Waals surface area contributed by atoms with Gasteiger partial charge in [-0.25, -0.2) is 14.8 Å². The number of carboxylic acid groups (broad SMARTS) is 1. The first-order chi connectivity index (χ1) is 18.8. The molecule has 5 rings (SSSR count). The van der Waals surface area contributed by atoms with E-state index in [-0.39, 0.29) is 24.5 Å². The molecule has 0 saturated carbocycles. The maximum atomic E-state index is 13.5. The number of fused-ring (bicyclic) bond motifs is 2. The maximum Gasteiger partial charge on any atom is 0.418 e. The average molecular weight is 609 g/mol. The number of thiophene rings is 1. The highest BCUT2D eigenvalue weighted by molar-refractivity contribution is 7.18. The number of halogens is 5. The molecule has 1 N–H and O–H groups in total. The third kappa shape index (κ3) is 5.09. The number of benzene rings is 1. The molecule has 8 nitrogen and oxygen atoms in total. The van der Waals surface area contributed by atoms with Gasteiger partial charge in [0.15, 0.2) is 5.52 Å². The van der Waals surface area contributed by atoms with Crippen molar-refractivity contribution in [1.29, 1.82) is 0 Å². The number of hydrogen-bond acceptors (Lipinski definition) is 7. The topological polar surface area (TPSA) is 107 Å². The molecule has 4 heterocycles. The Balaban J connectivity index is 1.51. The highest BCUT2D eigenvalue weighted by Crippen LogP contribution is 2.40. The second-order valence-corrected chi connectivity index (χ2v) is 10.4. The van der Waals surface area contributed by atoms with Crippen LogP contribution in [0.3, 0.4) is 0 Å². The summed E-state index contributed by atoms with van der Waals surface area (Å²) in [6, 6.07) is 7.35. The molecule has 14 heteroatoms. The van der Waals surface area contributed by atoms with Crippen LogP contribution in [0.25, 0.3) is 32.4 Å². The van der Waals surface area contributed by atoms with E-state index in [0.717, 1.165) is 4.57 Å². The number of alkyl halides is 3. The predicted molar refractivity (Wildman–Crippen MR) is 146 cm³/mol. The second-order valence-electron chi connectivity index (χ2n) is 8.74. The molecule has 0 atom stereocenters. The fourth-order valence-electron chi connectivity index (χ4n) is 4.32. The first-order valence-electron chi connectivity index (χ1n) is 11.5. The fourth-order valence-corrected chi connectivity index (χ4v) is 5.70. The Hall–Kier alpha value is -3.74. The van der Waals surface area contributed by atoms with Crippen molar-refractivity contribution in [3.8, 4) is 16.9 Å². The number of aromatic nitrogens is 4. The van der Waals surface area contributed by atoms with E-state index in [0.29, 0.717) is 43.9 Å². The van der Waals surface area contributed by atoms with Crippen LogP contribution in [0, 0.1) is 13.8 Å². The van der Waals surface area contributed by atoms with E-state index in [2.05, 4.69) is 15.0 Å². The predicted octanol–water partition coefficient (Wildman–Crippen LogP) is 6.79. The second kappa shape index (κ2) is 10.3.